The molecule has 1 heterocycles. The summed E-state index contributed by atoms with van der Waals surface area (Å²) in [6.07, 6.45) is 1.44. The quantitative estimate of drug-likeness (QED) is 0.851. The molecule has 0 aromatic heterocycles. The highest BCUT2D eigenvalue weighted by atomic mass is 79.9. The van der Waals surface area contributed by atoms with Crippen LogP contribution < -0.4 is 11.1 Å². The Labute approximate surface area is 130 Å². The second-order valence-electron chi connectivity index (χ2n) is 5.00. The van der Waals surface area contributed by atoms with Crippen LogP contribution in [0.25, 0.3) is 0 Å². The molecule has 1 aromatic rings. The minimum absolute atomic E-state index is 0.0435. The van der Waals surface area contributed by atoms with E-state index < -0.39 is 17.6 Å². The molecule has 0 bridgehead atoms. The predicted molar refractivity (Wildman–Crippen MR) is 80.2 cm³/mol. The van der Waals surface area contributed by atoms with Gasteiger partial charge in [-0.15, -0.1) is 0 Å². The Kier molecular flexibility index (Phi) is 5.30. The van der Waals surface area contributed by atoms with Gasteiger partial charge in [-0.3, -0.25) is 9.59 Å². The number of piperidine rings is 1. The van der Waals surface area contributed by atoms with E-state index in [0.717, 1.165) is 25.9 Å². The fourth-order valence-corrected chi connectivity index (χ4v) is 2.80. The second kappa shape index (κ2) is 7.00. The number of carbonyl (C=O) groups is 2. The minimum atomic E-state index is -0.613. The monoisotopic (exact) mass is 357 g/mol. The zero-order valence-corrected chi connectivity index (χ0v) is 13.0. The van der Waals surface area contributed by atoms with E-state index in [2.05, 4.69) is 21.2 Å². The summed E-state index contributed by atoms with van der Waals surface area (Å²) in [7, 11) is 0. The number of hydrogen-bond donors (Lipinski definition) is 2. The highest BCUT2D eigenvalue weighted by molar-refractivity contribution is 9.10. The minimum Gasteiger partial charge on any atom is -0.368 e. The van der Waals surface area contributed by atoms with Crippen molar-refractivity contribution in [2.45, 2.75) is 18.9 Å². The number of nitrogens with zero attached hydrogens (tertiary/aromatic N) is 1. The van der Waals surface area contributed by atoms with E-state index in [1.807, 2.05) is 0 Å². The van der Waals surface area contributed by atoms with Crippen molar-refractivity contribution >= 4 is 27.7 Å². The summed E-state index contributed by atoms with van der Waals surface area (Å²) in [4.78, 5) is 25.2. The molecule has 2 rings (SSSR count). The Morgan fingerprint density at radius 1 is 1.38 bits per heavy atom. The van der Waals surface area contributed by atoms with Crippen LogP contribution in [0, 0.1) is 5.82 Å². The maximum Gasteiger partial charge on any atom is 0.257 e. The summed E-state index contributed by atoms with van der Waals surface area (Å²) in [5, 5.41) is 3.19. The molecule has 0 aliphatic carbocycles. The Hall–Kier alpha value is -1.47. The molecule has 2 amide bonds. The fourth-order valence-electron chi connectivity index (χ4n) is 2.47. The van der Waals surface area contributed by atoms with E-state index in [1.165, 1.54) is 17.0 Å². The standard InChI is InChI=1S/C14H17BrFN3O2/c15-9-1-2-11(12(16)7-9)14(21)19(8-13(17)20)10-3-5-18-6-4-10/h1-2,7,10,18H,3-6,8H2,(H2,17,20). The van der Waals surface area contributed by atoms with Crippen molar-refractivity contribution in [3.63, 3.8) is 0 Å². The first-order valence-electron chi connectivity index (χ1n) is 6.74. The van der Waals surface area contributed by atoms with Gasteiger partial charge in [0.1, 0.15) is 5.82 Å². The van der Waals surface area contributed by atoms with Crippen molar-refractivity contribution < 1.29 is 14.0 Å². The van der Waals surface area contributed by atoms with Crippen LogP contribution in [0.5, 0.6) is 0 Å². The van der Waals surface area contributed by atoms with Gasteiger partial charge in [-0.2, -0.15) is 0 Å². The number of halogens is 2. The number of hydrogen-bond acceptors (Lipinski definition) is 3. The Morgan fingerprint density at radius 3 is 2.62 bits per heavy atom. The van der Waals surface area contributed by atoms with E-state index in [4.69, 9.17) is 5.73 Å². The topological polar surface area (TPSA) is 75.4 Å². The number of nitrogens with two attached hydrogens (primary N) is 1. The van der Waals surface area contributed by atoms with E-state index in [0.29, 0.717) is 4.47 Å². The van der Waals surface area contributed by atoms with Gasteiger partial charge in [0.15, 0.2) is 0 Å². The molecule has 0 spiro atoms. The molecule has 21 heavy (non-hydrogen) atoms. The first kappa shape index (κ1) is 15.9. The number of benzene rings is 1. The van der Waals surface area contributed by atoms with Gasteiger partial charge in [0.2, 0.25) is 5.91 Å². The Bertz CT molecular complexity index is 547. The van der Waals surface area contributed by atoms with E-state index >= 15 is 0 Å². The summed E-state index contributed by atoms with van der Waals surface area (Å²) in [6, 6.07) is 4.14. The van der Waals surface area contributed by atoms with Crippen LogP contribution in [0.2, 0.25) is 0 Å². The van der Waals surface area contributed by atoms with Crippen LogP contribution in [0.1, 0.15) is 23.2 Å². The van der Waals surface area contributed by atoms with Crippen LogP contribution in [0.3, 0.4) is 0 Å². The number of amides is 2. The number of carbonyl (C=O) groups excluding carboxylic acids is 2. The average molecular weight is 358 g/mol. The van der Waals surface area contributed by atoms with Gasteiger partial charge >= 0.3 is 0 Å². The Balaban J connectivity index is 2.26. The third-order valence-electron chi connectivity index (χ3n) is 3.50. The van der Waals surface area contributed by atoms with Gasteiger partial charge in [0.05, 0.1) is 12.1 Å². The summed E-state index contributed by atoms with van der Waals surface area (Å²) >= 11 is 3.15. The average Bonchev–Trinajstić information content (AvgIpc) is 2.45. The molecule has 1 aliphatic heterocycles. The second-order valence-corrected chi connectivity index (χ2v) is 5.92. The first-order chi connectivity index (χ1) is 9.99. The molecule has 0 radical (unpaired) electrons. The molecule has 0 saturated carbocycles. The summed E-state index contributed by atoms with van der Waals surface area (Å²) in [5.74, 6) is -1.71. The maximum absolute atomic E-state index is 14.0. The SMILES string of the molecule is NC(=O)CN(C(=O)c1ccc(Br)cc1F)C1CCNCC1. The van der Waals surface area contributed by atoms with Crippen molar-refractivity contribution in [3.05, 3.63) is 34.1 Å². The van der Waals surface area contributed by atoms with Crippen LogP contribution in [-0.4, -0.2) is 42.4 Å². The van der Waals surface area contributed by atoms with Crippen LogP contribution >= 0.6 is 15.9 Å². The van der Waals surface area contributed by atoms with Crippen molar-refractivity contribution in [2.24, 2.45) is 5.73 Å². The van der Waals surface area contributed by atoms with Crippen LogP contribution in [0.4, 0.5) is 4.39 Å². The van der Waals surface area contributed by atoms with Gasteiger partial charge < -0.3 is 16.0 Å². The molecule has 1 aromatic carbocycles. The van der Waals surface area contributed by atoms with E-state index in [-0.39, 0.29) is 18.2 Å². The molecule has 1 fully saturated rings. The third kappa shape index (κ3) is 4.01. The number of rotatable bonds is 4. The van der Waals surface area contributed by atoms with Gasteiger partial charge in [-0.1, -0.05) is 15.9 Å². The lowest BCUT2D eigenvalue weighted by molar-refractivity contribution is -0.119. The van der Waals surface area contributed by atoms with Crippen molar-refractivity contribution in [2.75, 3.05) is 19.6 Å². The molecule has 114 valence electrons. The molecule has 1 aliphatic rings. The number of nitrogens with one attached hydrogen (secondary N) is 1. The smallest absolute Gasteiger partial charge is 0.257 e. The largest absolute Gasteiger partial charge is 0.368 e. The molecule has 5 nitrogen and oxygen atoms in total. The van der Waals surface area contributed by atoms with Gasteiger partial charge in [-0.25, -0.2) is 4.39 Å². The highest BCUT2D eigenvalue weighted by Crippen LogP contribution is 2.20. The summed E-state index contributed by atoms with van der Waals surface area (Å²) < 4.78 is 14.5. The van der Waals surface area contributed by atoms with Gasteiger partial charge in [0.25, 0.3) is 5.91 Å². The molecule has 0 atom stereocenters. The van der Waals surface area contributed by atoms with Crippen LogP contribution in [0.15, 0.2) is 22.7 Å². The molecular weight excluding hydrogens is 341 g/mol. The normalized spacial score (nSPS) is 15.7. The summed E-state index contributed by atoms with van der Waals surface area (Å²) in [6.45, 7) is 1.32. The van der Waals surface area contributed by atoms with Gasteiger partial charge in [0, 0.05) is 10.5 Å². The zero-order valence-electron chi connectivity index (χ0n) is 11.4. The third-order valence-corrected chi connectivity index (χ3v) is 3.99. The first-order valence-corrected chi connectivity index (χ1v) is 7.53. The molecule has 7 heteroatoms. The maximum atomic E-state index is 14.0. The molecule has 1 saturated heterocycles. The molecule has 0 unspecified atom stereocenters. The lowest BCUT2D eigenvalue weighted by Crippen LogP contribution is -2.49. The lowest BCUT2D eigenvalue weighted by Gasteiger charge is -2.34. The lowest BCUT2D eigenvalue weighted by atomic mass is 10.0. The van der Waals surface area contributed by atoms with Gasteiger partial charge in [-0.05, 0) is 44.1 Å². The van der Waals surface area contributed by atoms with Crippen molar-refractivity contribution in [1.82, 2.24) is 10.2 Å². The number of primary amides is 1. The fraction of sp³-hybridized carbons (Fsp3) is 0.429. The van der Waals surface area contributed by atoms with Crippen molar-refractivity contribution in [1.29, 1.82) is 0 Å². The van der Waals surface area contributed by atoms with Crippen molar-refractivity contribution in [3.8, 4) is 0 Å². The van der Waals surface area contributed by atoms with E-state index in [1.54, 1.807) is 6.07 Å². The highest BCUT2D eigenvalue weighted by Gasteiger charge is 2.28. The molecule has 3 N–H and O–H groups in total. The Morgan fingerprint density at radius 2 is 2.05 bits per heavy atom. The van der Waals surface area contributed by atoms with E-state index in [9.17, 15) is 14.0 Å². The summed E-state index contributed by atoms with van der Waals surface area (Å²) in [5.41, 5.74) is 5.18. The van der Waals surface area contributed by atoms with Crippen LogP contribution in [-0.2, 0) is 4.79 Å². The molecular formula is C14H17BrFN3O2. The zero-order chi connectivity index (χ0) is 15.4. The predicted octanol–water partition coefficient (Wildman–Crippen LogP) is 1.27.